The first kappa shape index (κ1) is 17.8. The van der Waals surface area contributed by atoms with Crippen LogP contribution in [0.25, 0.3) is 11.5 Å². The normalized spacial score (nSPS) is 10.7. The first-order valence-corrected chi connectivity index (χ1v) is 7.89. The largest absolute Gasteiger partial charge is 0.415 e. The Morgan fingerprint density at radius 1 is 1.27 bits per heavy atom. The van der Waals surface area contributed by atoms with Crippen molar-refractivity contribution in [1.29, 1.82) is 0 Å². The fourth-order valence-corrected chi connectivity index (χ4v) is 2.47. The number of nitrogens with zero attached hydrogens (tertiary/aromatic N) is 3. The van der Waals surface area contributed by atoms with Gasteiger partial charge in [0.05, 0.1) is 6.54 Å². The van der Waals surface area contributed by atoms with E-state index in [1.165, 1.54) is 10.6 Å². The molecule has 0 saturated heterocycles. The van der Waals surface area contributed by atoms with Crippen LogP contribution in [0.3, 0.4) is 0 Å². The maximum atomic E-state index is 12.5. The lowest BCUT2D eigenvalue weighted by molar-refractivity contribution is 0.116. The first-order chi connectivity index (χ1) is 12.4. The lowest BCUT2D eigenvalue weighted by Crippen LogP contribution is -2.21. The third-order valence-electron chi connectivity index (χ3n) is 3.50. The summed E-state index contributed by atoms with van der Waals surface area (Å²) in [6.45, 7) is 1.87. The fraction of sp³-hybridized carbons (Fsp3) is 0.167. The van der Waals surface area contributed by atoms with Gasteiger partial charge in [-0.05, 0) is 31.2 Å². The van der Waals surface area contributed by atoms with E-state index < -0.39 is 12.3 Å². The van der Waals surface area contributed by atoms with Gasteiger partial charge in [0.15, 0.2) is 0 Å². The van der Waals surface area contributed by atoms with Crippen LogP contribution in [0.5, 0.6) is 0 Å². The Labute approximate surface area is 152 Å². The Hall–Kier alpha value is -2.98. The predicted molar refractivity (Wildman–Crippen MR) is 92.0 cm³/mol. The molecule has 132 valence electrons. The van der Waals surface area contributed by atoms with Gasteiger partial charge in [-0.2, -0.15) is 8.78 Å². The molecule has 0 spiro atoms. The summed E-state index contributed by atoms with van der Waals surface area (Å²) in [4.78, 5) is 12.3. The molecule has 26 heavy (non-hydrogen) atoms. The third kappa shape index (κ3) is 3.98. The van der Waals surface area contributed by atoms with Crippen molar-refractivity contribution in [2.24, 2.45) is 0 Å². The molecule has 0 unspecified atom stereocenters. The zero-order chi connectivity index (χ0) is 18.7. The zero-order valence-electron chi connectivity index (χ0n) is 13.5. The summed E-state index contributed by atoms with van der Waals surface area (Å²) in [6, 6.07) is 9.92. The van der Waals surface area contributed by atoms with Crippen LogP contribution >= 0.6 is 11.6 Å². The number of halogens is 3. The van der Waals surface area contributed by atoms with Crippen LogP contribution in [0.2, 0.25) is 5.02 Å². The summed E-state index contributed by atoms with van der Waals surface area (Å²) >= 11 is 5.90. The highest BCUT2D eigenvalue weighted by Gasteiger charge is 2.17. The van der Waals surface area contributed by atoms with Gasteiger partial charge >= 0.3 is 6.43 Å². The summed E-state index contributed by atoms with van der Waals surface area (Å²) in [5, 5.41) is 7.38. The van der Waals surface area contributed by atoms with Gasteiger partial charge in [-0.25, -0.2) is 0 Å². The second kappa shape index (κ2) is 7.50. The molecule has 0 amide bonds. The highest BCUT2D eigenvalue weighted by atomic mass is 35.5. The standard InChI is InChI=1S/C18H12ClF2N3O2/c1-11-8-13(17-22-23-18(26-17)16(20)21)10-15(25)24(11)7-3-5-12-4-2-6-14(19)9-12/h2,4,6,8-10,16H,7H2,1H3. The van der Waals surface area contributed by atoms with E-state index in [1.54, 1.807) is 31.2 Å². The summed E-state index contributed by atoms with van der Waals surface area (Å²) in [5.41, 5.74) is 1.26. The average Bonchev–Trinajstić information content (AvgIpc) is 3.07. The highest BCUT2D eigenvalue weighted by molar-refractivity contribution is 6.30. The molecule has 8 heteroatoms. The maximum Gasteiger partial charge on any atom is 0.314 e. The van der Waals surface area contributed by atoms with Crippen molar-refractivity contribution in [1.82, 2.24) is 14.8 Å². The minimum Gasteiger partial charge on any atom is -0.415 e. The van der Waals surface area contributed by atoms with Gasteiger partial charge in [-0.3, -0.25) is 4.79 Å². The van der Waals surface area contributed by atoms with Crippen molar-refractivity contribution < 1.29 is 13.2 Å². The Bertz CT molecular complexity index is 1060. The smallest absolute Gasteiger partial charge is 0.314 e. The number of aromatic nitrogens is 3. The molecule has 5 nitrogen and oxygen atoms in total. The molecule has 0 fully saturated rings. The number of hydrogen-bond acceptors (Lipinski definition) is 4. The van der Waals surface area contributed by atoms with Gasteiger partial charge in [-0.15, -0.1) is 10.2 Å². The molecule has 0 saturated carbocycles. The van der Waals surface area contributed by atoms with Crippen molar-refractivity contribution >= 4 is 11.6 Å². The summed E-state index contributed by atoms with van der Waals surface area (Å²) in [7, 11) is 0. The van der Waals surface area contributed by atoms with Crippen LogP contribution < -0.4 is 5.56 Å². The van der Waals surface area contributed by atoms with E-state index in [1.807, 2.05) is 6.07 Å². The molecule has 0 aliphatic heterocycles. The Balaban J connectivity index is 1.85. The number of aryl methyl sites for hydroxylation is 1. The van der Waals surface area contributed by atoms with Gasteiger partial charge in [0.1, 0.15) is 0 Å². The van der Waals surface area contributed by atoms with Crippen LogP contribution in [0, 0.1) is 18.8 Å². The van der Waals surface area contributed by atoms with Gasteiger partial charge < -0.3 is 8.98 Å². The van der Waals surface area contributed by atoms with E-state index >= 15 is 0 Å². The second-order valence-electron chi connectivity index (χ2n) is 5.37. The molecule has 1 aromatic carbocycles. The van der Waals surface area contributed by atoms with Crippen LogP contribution in [0.4, 0.5) is 8.78 Å². The van der Waals surface area contributed by atoms with Crippen molar-refractivity contribution in [2.45, 2.75) is 19.9 Å². The Morgan fingerprint density at radius 3 is 2.73 bits per heavy atom. The molecule has 2 heterocycles. The summed E-state index contributed by atoms with van der Waals surface area (Å²) < 4.78 is 31.4. The minimum atomic E-state index is -2.86. The van der Waals surface area contributed by atoms with Crippen LogP contribution in [-0.4, -0.2) is 14.8 Å². The van der Waals surface area contributed by atoms with E-state index in [9.17, 15) is 13.6 Å². The Morgan fingerprint density at radius 2 is 2.08 bits per heavy atom. The summed E-state index contributed by atoms with van der Waals surface area (Å²) in [5.74, 6) is 4.93. The van der Waals surface area contributed by atoms with Gasteiger partial charge in [-0.1, -0.05) is 29.5 Å². The monoisotopic (exact) mass is 375 g/mol. The van der Waals surface area contributed by atoms with Crippen molar-refractivity contribution in [3.63, 3.8) is 0 Å². The lowest BCUT2D eigenvalue weighted by atomic mass is 10.2. The fourth-order valence-electron chi connectivity index (χ4n) is 2.28. The number of pyridine rings is 1. The lowest BCUT2D eigenvalue weighted by Gasteiger charge is -2.06. The number of rotatable bonds is 3. The van der Waals surface area contributed by atoms with E-state index in [4.69, 9.17) is 16.0 Å². The molecule has 3 aromatic rings. The minimum absolute atomic E-state index is 0.127. The zero-order valence-corrected chi connectivity index (χ0v) is 14.3. The molecule has 0 atom stereocenters. The number of alkyl halides is 2. The quantitative estimate of drug-likeness (QED) is 0.652. The molecular formula is C18H12ClF2N3O2. The topological polar surface area (TPSA) is 60.9 Å². The summed E-state index contributed by atoms with van der Waals surface area (Å²) in [6.07, 6.45) is -2.86. The van der Waals surface area contributed by atoms with Crippen LogP contribution in [0.15, 0.2) is 45.6 Å². The van der Waals surface area contributed by atoms with E-state index in [2.05, 4.69) is 22.0 Å². The highest BCUT2D eigenvalue weighted by Crippen LogP contribution is 2.22. The average molecular weight is 376 g/mol. The van der Waals surface area contributed by atoms with Crippen LogP contribution in [-0.2, 0) is 6.54 Å². The van der Waals surface area contributed by atoms with Gasteiger partial charge in [0.2, 0.25) is 5.89 Å². The second-order valence-corrected chi connectivity index (χ2v) is 5.80. The molecule has 0 radical (unpaired) electrons. The number of hydrogen-bond donors (Lipinski definition) is 0. The van der Waals surface area contributed by atoms with E-state index in [0.717, 1.165) is 5.56 Å². The Kier molecular flexibility index (Phi) is 5.14. The van der Waals surface area contributed by atoms with Crippen molar-refractivity contribution in [2.75, 3.05) is 0 Å². The molecular weight excluding hydrogens is 364 g/mol. The van der Waals surface area contributed by atoms with Gasteiger partial charge in [0, 0.05) is 27.9 Å². The molecule has 0 aliphatic rings. The number of benzene rings is 1. The van der Waals surface area contributed by atoms with E-state index in [0.29, 0.717) is 10.7 Å². The third-order valence-corrected chi connectivity index (χ3v) is 3.74. The van der Waals surface area contributed by atoms with Crippen molar-refractivity contribution in [3.8, 4) is 23.3 Å². The molecule has 0 bridgehead atoms. The first-order valence-electron chi connectivity index (χ1n) is 7.52. The molecule has 0 aliphatic carbocycles. The molecule has 3 rings (SSSR count). The maximum absolute atomic E-state index is 12.5. The SMILES string of the molecule is Cc1cc(-c2nnc(C(F)F)o2)cc(=O)n1CC#Cc1cccc(Cl)c1. The molecule has 0 N–H and O–H groups in total. The van der Waals surface area contributed by atoms with Crippen LogP contribution in [0.1, 0.15) is 23.6 Å². The molecule has 2 aromatic heterocycles. The van der Waals surface area contributed by atoms with E-state index in [-0.39, 0.29) is 23.6 Å². The van der Waals surface area contributed by atoms with Crippen molar-refractivity contribution in [3.05, 3.63) is 68.9 Å². The van der Waals surface area contributed by atoms with Gasteiger partial charge in [0.25, 0.3) is 11.4 Å². The predicted octanol–water partition coefficient (Wildman–Crippen LogP) is 3.85.